The van der Waals surface area contributed by atoms with Gasteiger partial charge in [-0.2, -0.15) is 0 Å². The number of amides is 1. The number of sulfonamides is 1. The van der Waals surface area contributed by atoms with E-state index >= 15 is 0 Å². The summed E-state index contributed by atoms with van der Waals surface area (Å²) in [5.74, 6) is -0.600. The van der Waals surface area contributed by atoms with Crippen molar-refractivity contribution in [2.45, 2.75) is 17.9 Å². The molecule has 2 N–H and O–H groups in total. The van der Waals surface area contributed by atoms with Crippen LogP contribution in [0.3, 0.4) is 0 Å². The number of para-hydroxylation sites is 1. The molecule has 0 fully saturated rings. The molecule has 0 spiro atoms. The smallest absolute Gasteiger partial charge is 0.265 e. The molecule has 0 aliphatic rings. The summed E-state index contributed by atoms with van der Waals surface area (Å²) in [6, 6.07) is 17.5. The minimum atomic E-state index is -3.91. The van der Waals surface area contributed by atoms with Gasteiger partial charge in [0, 0.05) is 5.69 Å². The van der Waals surface area contributed by atoms with Gasteiger partial charge in [-0.1, -0.05) is 29.8 Å². The maximum absolute atomic E-state index is 13.3. The number of anilines is 2. The number of carbonyl (C=O) groups excluding carboxylic acids is 1. The third-order valence-electron chi connectivity index (χ3n) is 4.02. The molecule has 6 nitrogen and oxygen atoms in total. The van der Waals surface area contributed by atoms with Crippen LogP contribution in [0, 0.1) is 5.82 Å². The fourth-order valence-electron chi connectivity index (χ4n) is 2.51. The summed E-state index contributed by atoms with van der Waals surface area (Å²) in [5.41, 5.74) is 0.497. The van der Waals surface area contributed by atoms with Gasteiger partial charge in [-0.3, -0.25) is 9.52 Å². The van der Waals surface area contributed by atoms with E-state index in [0.29, 0.717) is 16.5 Å². The van der Waals surface area contributed by atoms with Gasteiger partial charge in [0.2, 0.25) is 0 Å². The van der Waals surface area contributed by atoms with Crippen LogP contribution in [0.1, 0.15) is 6.92 Å². The molecule has 1 unspecified atom stereocenters. The quantitative estimate of drug-likeness (QED) is 0.549. The van der Waals surface area contributed by atoms with Gasteiger partial charge in [0.1, 0.15) is 11.6 Å². The lowest BCUT2D eigenvalue weighted by Gasteiger charge is -2.16. The van der Waals surface area contributed by atoms with Gasteiger partial charge in [-0.05, 0) is 61.5 Å². The first-order valence-corrected chi connectivity index (χ1v) is 10.7. The number of carbonyl (C=O) groups is 1. The normalized spacial score (nSPS) is 12.1. The van der Waals surface area contributed by atoms with Crippen LogP contribution in [0.5, 0.6) is 5.75 Å². The molecule has 3 rings (SSSR count). The van der Waals surface area contributed by atoms with Crippen molar-refractivity contribution >= 4 is 38.9 Å². The largest absolute Gasteiger partial charge is 0.479 e. The molecular weight excluding hydrogens is 431 g/mol. The van der Waals surface area contributed by atoms with Crippen LogP contribution in [0.15, 0.2) is 77.7 Å². The van der Waals surface area contributed by atoms with Gasteiger partial charge in [-0.15, -0.1) is 0 Å². The van der Waals surface area contributed by atoms with Crippen molar-refractivity contribution in [2.24, 2.45) is 0 Å². The minimum Gasteiger partial charge on any atom is -0.479 e. The molecule has 0 bridgehead atoms. The van der Waals surface area contributed by atoms with Crippen molar-refractivity contribution in [3.8, 4) is 5.75 Å². The zero-order valence-electron chi connectivity index (χ0n) is 15.8. The molecule has 0 saturated carbocycles. The van der Waals surface area contributed by atoms with Crippen LogP contribution in [-0.4, -0.2) is 20.4 Å². The predicted molar refractivity (Wildman–Crippen MR) is 114 cm³/mol. The lowest BCUT2D eigenvalue weighted by atomic mass is 10.3. The Morgan fingerprint density at radius 2 is 1.70 bits per heavy atom. The molecule has 0 aromatic heterocycles. The molecule has 9 heteroatoms. The van der Waals surface area contributed by atoms with E-state index in [0.717, 1.165) is 6.07 Å². The van der Waals surface area contributed by atoms with E-state index in [2.05, 4.69) is 10.0 Å². The average molecular weight is 449 g/mol. The van der Waals surface area contributed by atoms with E-state index < -0.39 is 27.9 Å². The van der Waals surface area contributed by atoms with Gasteiger partial charge in [0.25, 0.3) is 15.9 Å². The van der Waals surface area contributed by atoms with Crippen molar-refractivity contribution in [1.82, 2.24) is 0 Å². The van der Waals surface area contributed by atoms with Gasteiger partial charge < -0.3 is 10.1 Å². The Morgan fingerprint density at radius 3 is 2.37 bits per heavy atom. The number of rotatable bonds is 7. The summed E-state index contributed by atoms with van der Waals surface area (Å²) < 4.78 is 46.0. The molecule has 3 aromatic rings. The monoisotopic (exact) mass is 448 g/mol. The number of hydrogen-bond acceptors (Lipinski definition) is 4. The summed E-state index contributed by atoms with van der Waals surface area (Å²) in [4.78, 5) is 12.3. The molecule has 156 valence electrons. The van der Waals surface area contributed by atoms with Crippen LogP contribution in [0.4, 0.5) is 15.8 Å². The van der Waals surface area contributed by atoms with Gasteiger partial charge >= 0.3 is 0 Å². The first-order valence-electron chi connectivity index (χ1n) is 8.85. The summed E-state index contributed by atoms with van der Waals surface area (Å²) in [6.07, 6.45) is -0.831. The molecule has 3 aromatic carbocycles. The summed E-state index contributed by atoms with van der Waals surface area (Å²) in [6.45, 7) is 1.57. The topological polar surface area (TPSA) is 84.5 Å². The standard InChI is InChI=1S/C21H18ClFN2O4S/c1-14(29-20-8-3-2-7-19(20)22)21(26)24-16-9-11-18(12-10-16)30(27,28)25-17-6-4-5-15(23)13-17/h2-14,25H,1H3,(H,24,26). The van der Waals surface area contributed by atoms with Crippen molar-refractivity contribution in [2.75, 3.05) is 10.0 Å². The van der Waals surface area contributed by atoms with Gasteiger partial charge in [0.15, 0.2) is 6.10 Å². The Bertz CT molecular complexity index is 1150. The molecular formula is C21H18ClFN2O4S. The van der Waals surface area contributed by atoms with Crippen LogP contribution < -0.4 is 14.8 Å². The third-order valence-corrected chi connectivity index (χ3v) is 5.73. The minimum absolute atomic E-state index is 0.0369. The first kappa shape index (κ1) is 21.6. The van der Waals surface area contributed by atoms with Crippen molar-refractivity contribution in [1.29, 1.82) is 0 Å². The van der Waals surface area contributed by atoms with Crippen LogP contribution >= 0.6 is 11.6 Å². The second-order valence-corrected chi connectivity index (χ2v) is 8.41. The highest BCUT2D eigenvalue weighted by atomic mass is 35.5. The average Bonchev–Trinajstić information content (AvgIpc) is 2.70. The van der Waals surface area contributed by atoms with E-state index in [9.17, 15) is 17.6 Å². The molecule has 1 atom stereocenters. The second-order valence-electron chi connectivity index (χ2n) is 6.32. The fraction of sp³-hybridized carbons (Fsp3) is 0.0952. The number of halogens is 2. The lowest BCUT2D eigenvalue weighted by Crippen LogP contribution is -2.30. The SMILES string of the molecule is CC(Oc1ccccc1Cl)C(=O)Nc1ccc(S(=O)(=O)Nc2cccc(F)c2)cc1. The molecule has 0 radical (unpaired) electrons. The summed E-state index contributed by atoms with van der Waals surface area (Å²) in [5, 5.41) is 3.03. The highest BCUT2D eigenvalue weighted by Crippen LogP contribution is 2.24. The van der Waals surface area contributed by atoms with Crippen LogP contribution in [-0.2, 0) is 14.8 Å². The zero-order chi connectivity index (χ0) is 21.7. The van der Waals surface area contributed by atoms with Crippen molar-refractivity contribution in [3.63, 3.8) is 0 Å². The Hall–Kier alpha value is -3.10. The fourth-order valence-corrected chi connectivity index (χ4v) is 3.74. The highest BCUT2D eigenvalue weighted by Gasteiger charge is 2.18. The number of ether oxygens (including phenoxy) is 1. The van der Waals surface area contributed by atoms with E-state index in [4.69, 9.17) is 16.3 Å². The number of nitrogens with one attached hydrogen (secondary N) is 2. The maximum atomic E-state index is 13.3. The zero-order valence-corrected chi connectivity index (χ0v) is 17.4. The molecule has 0 aliphatic heterocycles. The molecule has 0 aliphatic carbocycles. The molecule has 30 heavy (non-hydrogen) atoms. The molecule has 0 heterocycles. The third kappa shape index (κ3) is 5.49. The second kappa shape index (κ2) is 9.15. The Labute approximate surface area is 178 Å². The van der Waals surface area contributed by atoms with Crippen LogP contribution in [0.2, 0.25) is 5.02 Å². The summed E-state index contributed by atoms with van der Waals surface area (Å²) >= 11 is 6.02. The summed E-state index contributed by atoms with van der Waals surface area (Å²) in [7, 11) is -3.91. The van der Waals surface area contributed by atoms with E-state index in [1.54, 1.807) is 31.2 Å². The first-order chi connectivity index (χ1) is 14.2. The van der Waals surface area contributed by atoms with E-state index in [1.165, 1.54) is 42.5 Å². The van der Waals surface area contributed by atoms with Crippen molar-refractivity contribution < 1.29 is 22.3 Å². The van der Waals surface area contributed by atoms with Gasteiger partial charge in [-0.25, -0.2) is 12.8 Å². The van der Waals surface area contributed by atoms with E-state index in [1.807, 2.05) is 0 Å². The van der Waals surface area contributed by atoms with E-state index in [-0.39, 0.29) is 10.6 Å². The molecule has 0 saturated heterocycles. The number of benzene rings is 3. The van der Waals surface area contributed by atoms with Gasteiger partial charge in [0.05, 0.1) is 15.6 Å². The Balaban J connectivity index is 1.65. The molecule has 1 amide bonds. The van der Waals surface area contributed by atoms with Crippen molar-refractivity contribution in [3.05, 3.63) is 83.6 Å². The Kier molecular flexibility index (Phi) is 6.59. The lowest BCUT2D eigenvalue weighted by molar-refractivity contribution is -0.122. The maximum Gasteiger partial charge on any atom is 0.265 e. The number of hydrogen-bond donors (Lipinski definition) is 2. The van der Waals surface area contributed by atoms with Crippen LogP contribution in [0.25, 0.3) is 0 Å². The predicted octanol–water partition coefficient (Wildman–Crippen LogP) is 4.69. The highest BCUT2D eigenvalue weighted by molar-refractivity contribution is 7.92. The Morgan fingerprint density at radius 1 is 1.00 bits per heavy atom.